The molecule has 0 N–H and O–H groups in total. The van der Waals surface area contributed by atoms with Crippen molar-refractivity contribution in [3.8, 4) is 5.75 Å². The predicted molar refractivity (Wildman–Crippen MR) is 85.2 cm³/mol. The maximum absolute atomic E-state index is 13.0. The number of carbonyl (C=O) groups excluding carboxylic acids is 1. The fourth-order valence-electron chi connectivity index (χ4n) is 3.88. The molecule has 0 saturated carbocycles. The molecule has 1 aliphatic carbocycles. The molecule has 1 aromatic rings. The minimum Gasteiger partial charge on any atom is -0.500 e. The fourth-order valence-corrected chi connectivity index (χ4v) is 4.03. The molecule has 0 radical (unpaired) electrons. The SMILES string of the molecule is COC1=C(c2ccc(OP)cc2C)C(=O)C2C3C=C[C@@H](O3)C12. The van der Waals surface area contributed by atoms with Gasteiger partial charge in [0.1, 0.15) is 11.5 Å². The Morgan fingerprint density at radius 2 is 1.91 bits per heavy atom. The lowest BCUT2D eigenvalue weighted by Crippen LogP contribution is -2.26. The highest BCUT2D eigenvalue weighted by molar-refractivity contribution is 7.10. The number of hydrogen-bond donors (Lipinski definition) is 0. The van der Waals surface area contributed by atoms with E-state index in [1.165, 1.54) is 0 Å². The average Bonchev–Trinajstić information content (AvgIpc) is 3.19. The zero-order chi connectivity index (χ0) is 15.4. The van der Waals surface area contributed by atoms with E-state index in [2.05, 4.69) is 9.47 Å². The van der Waals surface area contributed by atoms with Gasteiger partial charge in [0.05, 0.1) is 46.2 Å². The molecule has 1 aromatic carbocycles. The zero-order valence-corrected chi connectivity index (χ0v) is 13.6. The summed E-state index contributed by atoms with van der Waals surface area (Å²) >= 11 is 0. The van der Waals surface area contributed by atoms with Crippen molar-refractivity contribution in [2.75, 3.05) is 7.11 Å². The van der Waals surface area contributed by atoms with Gasteiger partial charge in [0.2, 0.25) is 0 Å². The number of benzene rings is 1. The lowest BCUT2D eigenvalue weighted by molar-refractivity contribution is -0.118. The second-order valence-corrected chi connectivity index (χ2v) is 6.14. The van der Waals surface area contributed by atoms with E-state index < -0.39 is 0 Å². The zero-order valence-electron chi connectivity index (χ0n) is 12.4. The molecule has 1 saturated heterocycles. The third-order valence-corrected chi connectivity index (χ3v) is 5.09. The van der Waals surface area contributed by atoms with E-state index in [9.17, 15) is 4.79 Å². The molecule has 114 valence electrons. The number of fused-ring (bicyclic) bond motifs is 5. The summed E-state index contributed by atoms with van der Waals surface area (Å²) in [5.41, 5.74) is 2.62. The van der Waals surface area contributed by atoms with E-state index >= 15 is 0 Å². The Morgan fingerprint density at radius 3 is 2.55 bits per heavy atom. The first-order chi connectivity index (χ1) is 10.7. The van der Waals surface area contributed by atoms with E-state index in [0.717, 1.165) is 22.6 Å². The van der Waals surface area contributed by atoms with Crippen LogP contribution >= 0.6 is 9.47 Å². The molecule has 3 aliphatic rings. The monoisotopic (exact) mass is 316 g/mol. The van der Waals surface area contributed by atoms with Gasteiger partial charge >= 0.3 is 0 Å². The summed E-state index contributed by atoms with van der Waals surface area (Å²) in [6.07, 6.45) is 3.89. The van der Waals surface area contributed by atoms with E-state index in [-0.39, 0.29) is 29.8 Å². The van der Waals surface area contributed by atoms with Gasteiger partial charge in [-0.3, -0.25) is 4.79 Å². The molecule has 22 heavy (non-hydrogen) atoms. The number of Topliss-reactive ketones (excluding diaryl/α,β-unsaturated/α-hetero) is 1. The van der Waals surface area contributed by atoms with Crippen LogP contribution in [0, 0.1) is 18.8 Å². The number of ketones is 1. The lowest BCUT2D eigenvalue weighted by Gasteiger charge is -2.17. The van der Waals surface area contributed by atoms with Gasteiger partial charge in [-0.1, -0.05) is 18.2 Å². The normalized spacial score (nSPS) is 31.9. The minimum absolute atomic E-state index is 0.0135. The van der Waals surface area contributed by atoms with Crippen molar-refractivity contribution in [3.63, 3.8) is 0 Å². The summed E-state index contributed by atoms with van der Waals surface area (Å²) in [4.78, 5) is 13.0. The second-order valence-electron chi connectivity index (χ2n) is 5.90. The maximum atomic E-state index is 13.0. The third kappa shape index (κ3) is 1.74. The number of methoxy groups -OCH3 is 1. The van der Waals surface area contributed by atoms with Gasteiger partial charge < -0.3 is 14.0 Å². The lowest BCUT2D eigenvalue weighted by atomic mass is 9.84. The summed E-state index contributed by atoms with van der Waals surface area (Å²) in [6.45, 7) is 1.98. The van der Waals surface area contributed by atoms with Crippen LogP contribution in [0.3, 0.4) is 0 Å². The van der Waals surface area contributed by atoms with Gasteiger partial charge in [0.25, 0.3) is 0 Å². The van der Waals surface area contributed by atoms with Gasteiger partial charge in [-0.2, -0.15) is 0 Å². The van der Waals surface area contributed by atoms with Crippen molar-refractivity contribution < 1.29 is 18.8 Å². The summed E-state index contributed by atoms with van der Waals surface area (Å²) < 4.78 is 16.6. The smallest absolute Gasteiger partial charge is 0.173 e. The molecule has 5 atom stereocenters. The maximum Gasteiger partial charge on any atom is 0.173 e. The Bertz CT molecular complexity index is 721. The van der Waals surface area contributed by atoms with Crippen LogP contribution < -0.4 is 4.52 Å². The number of aryl methyl sites for hydroxylation is 1. The molecule has 2 heterocycles. The van der Waals surface area contributed by atoms with Gasteiger partial charge in [-0.05, 0) is 30.2 Å². The van der Waals surface area contributed by atoms with Gasteiger partial charge in [0.15, 0.2) is 5.78 Å². The predicted octanol–water partition coefficient (Wildman–Crippen LogP) is 2.67. The average molecular weight is 316 g/mol. The highest BCUT2D eigenvalue weighted by atomic mass is 31.0. The van der Waals surface area contributed by atoms with Gasteiger partial charge in [-0.25, -0.2) is 0 Å². The third-order valence-electron chi connectivity index (χ3n) is 4.82. The fraction of sp³-hybridized carbons (Fsp3) is 0.353. The van der Waals surface area contributed by atoms with Crippen molar-refractivity contribution in [1.29, 1.82) is 0 Å². The van der Waals surface area contributed by atoms with Crippen LogP contribution in [0.5, 0.6) is 5.75 Å². The van der Waals surface area contributed by atoms with Crippen molar-refractivity contribution in [1.82, 2.24) is 0 Å². The van der Waals surface area contributed by atoms with Gasteiger partial charge in [-0.15, -0.1) is 0 Å². The second kappa shape index (κ2) is 4.94. The topological polar surface area (TPSA) is 44.8 Å². The first kappa shape index (κ1) is 14.0. The number of allylic oxidation sites excluding steroid dienone is 1. The first-order valence-corrected chi connectivity index (χ1v) is 7.76. The van der Waals surface area contributed by atoms with Crippen LogP contribution in [0.25, 0.3) is 5.57 Å². The van der Waals surface area contributed by atoms with E-state index in [4.69, 9.17) is 14.0 Å². The molecule has 4 rings (SSSR count). The quantitative estimate of drug-likeness (QED) is 0.635. The molecule has 0 aromatic heterocycles. The minimum atomic E-state index is -0.142. The van der Waals surface area contributed by atoms with Crippen LogP contribution in [0.2, 0.25) is 0 Å². The number of rotatable bonds is 3. The van der Waals surface area contributed by atoms with Crippen molar-refractivity contribution >= 4 is 20.8 Å². The molecule has 4 unspecified atom stereocenters. The Hall–Kier alpha value is -1.64. The van der Waals surface area contributed by atoms with E-state index in [1.807, 2.05) is 37.3 Å². The molecule has 4 nitrogen and oxygen atoms in total. The molecular weight excluding hydrogens is 299 g/mol. The molecular formula is C17H17O4P. The highest BCUT2D eigenvalue weighted by Crippen LogP contribution is 2.52. The number of carbonyl (C=O) groups is 1. The number of ether oxygens (including phenoxy) is 2. The standard InChI is InChI=1S/C17H17O4P/c1-8-7-9(21-22)3-4-10(8)13-16(18)14-11-5-6-12(20-11)15(14)17(13)19-2/h3-7,11-12,14-15H,22H2,1-2H3/t11?,12-,14?,15?/m1/s1. The molecule has 0 amide bonds. The number of hydrogen-bond acceptors (Lipinski definition) is 4. The molecule has 1 fully saturated rings. The van der Waals surface area contributed by atoms with Crippen molar-refractivity contribution in [2.45, 2.75) is 19.1 Å². The van der Waals surface area contributed by atoms with Crippen LogP contribution in [0.1, 0.15) is 11.1 Å². The van der Waals surface area contributed by atoms with Gasteiger partial charge in [0, 0.05) is 0 Å². The molecule has 0 spiro atoms. The largest absolute Gasteiger partial charge is 0.500 e. The van der Waals surface area contributed by atoms with Crippen LogP contribution in [-0.2, 0) is 14.3 Å². The van der Waals surface area contributed by atoms with E-state index in [1.54, 1.807) is 7.11 Å². The van der Waals surface area contributed by atoms with Crippen molar-refractivity contribution in [2.24, 2.45) is 11.8 Å². The van der Waals surface area contributed by atoms with Crippen molar-refractivity contribution in [3.05, 3.63) is 47.2 Å². The van der Waals surface area contributed by atoms with Crippen LogP contribution in [0.4, 0.5) is 0 Å². The summed E-state index contributed by atoms with van der Waals surface area (Å²) in [7, 11) is 3.87. The first-order valence-electron chi connectivity index (χ1n) is 7.29. The Labute approximate surface area is 131 Å². The Kier molecular flexibility index (Phi) is 3.14. The molecule has 5 heteroatoms. The molecule has 2 aliphatic heterocycles. The highest BCUT2D eigenvalue weighted by Gasteiger charge is 2.57. The Balaban J connectivity index is 1.84. The Morgan fingerprint density at radius 1 is 1.18 bits per heavy atom. The summed E-state index contributed by atoms with van der Waals surface area (Å²) in [6, 6.07) is 5.71. The summed E-state index contributed by atoms with van der Waals surface area (Å²) in [5, 5.41) is 0. The van der Waals surface area contributed by atoms with E-state index in [0.29, 0.717) is 5.57 Å². The van der Waals surface area contributed by atoms with Crippen LogP contribution in [-0.4, -0.2) is 25.1 Å². The molecule has 2 bridgehead atoms. The summed E-state index contributed by atoms with van der Waals surface area (Å²) in [5.74, 6) is 1.51. The van der Waals surface area contributed by atoms with Crippen LogP contribution in [0.15, 0.2) is 36.1 Å².